The van der Waals surface area contributed by atoms with Crippen LogP contribution in [0.2, 0.25) is 0 Å². The van der Waals surface area contributed by atoms with Crippen LogP contribution in [0.1, 0.15) is 19.4 Å². The highest BCUT2D eigenvalue weighted by Crippen LogP contribution is 2.19. The van der Waals surface area contributed by atoms with E-state index in [9.17, 15) is 4.39 Å². The molecule has 0 aliphatic rings. The first-order chi connectivity index (χ1) is 8.45. The number of anilines is 1. The number of rotatable bonds is 6. The van der Waals surface area contributed by atoms with Crippen molar-refractivity contribution in [2.24, 2.45) is 0 Å². The highest BCUT2D eigenvalue weighted by Gasteiger charge is 2.16. The highest BCUT2D eigenvalue weighted by atomic mass is 19.1. The minimum atomic E-state index is -0.217. The standard InChI is InChI=1S/C14H24FN3/c1-5-18(11(2)9-17(3)4)10-12-13(15)7-6-8-14(12)16/h6-8,11H,5,9-10,16H2,1-4H3. The fraction of sp³-hybridized carbons (Fsp3) is 0.571. The molecule has 1 aromatic rings. The minimum Gasteiger partial charge on any atom is -0.398 e. The Morgan fingerprint density at radius 1 is 1.33 bits per heavy atom. The van der Waals surface area contributed by atoms with Crippen molar-refractivity contribution < 1.29 is 4.39 Å². The van der Waals surface area contributed by atoms with E-state index < -0.39 is 0 Å². The molecule has 0 saturated heterocycles. The zero-order valence-corrected chi connectivity index (χ0v) is 11.8. The van der Waals surface area contributed by atoms with Crippen molar-refractivity contribution in [2.45, 2.75) is 26.4 Å². The zero-order valence-electron chi connectivity index (χ0n) is 11.8. The van der Waals surface area contributed by atoms with E-state index in [1.165, 1.54) is 6.07 Å². The van der Waals surface area contributed by atoms with E-state index in [2.05, 4.69) is 23.6 Å². The van der Waals surface area contributed by atoms with Gasteiger partial charge in [-0.1, -0.05) is 13.0 Å². The molecule has 0 radical (unpaired) electrons. The quantitative estimate of drug-likeness (QED) is 0.789. The van der Waals surface area contributed by atoms with Gasteiger partial charge in [0.15, 0.2) is 0 Å². The van der Waals surface area contributed by atoms with Crippen LogP contribution in [0.4, 0.5) is 10.1 Å². The first-order valence-electron chi connectivity index (χ1n) is 6.37. The fourth-order valence-corrected chi connectivity index (χ4v) is 2.17. The van der Waals surface area contributed by atoms with Gasteiger partial charge < -0.3 is 10.6 Å². The monoisotopic (exact) mass is 253 g/mol. The van der Waals surface area contributed by atoms with Crippen molar-refractivity contribution in [3.63, 3.8) is 0 Å². The number of nitrogen functional groups attached to an aromatic ring is 1. The zero-order chi connectivity index (χ0) is 13.7. The topological polar surface area (TPSA) is 32.5 Å². The molecule has 2 N–H and O–H groups in total. The van der Waals surface area contributed by atoms with Crippen LogP contribution in [0.25, 0.3) is 0 Å². The molecule has 18 heavy (non-hydrogen) atoms. The van der Waals surface area contributed by atoms with Gasteiger partial charge in [0.2, 0.25) is 0 Å². The Hall–Kier alpha value is -1.13. The summed E-state index contributed by atoms with van der Waals surface area (Å²) in [7, 11) is 4.09. The minimum absolute atomic E-state index is 0.217. The number of likely N-dealkylation sites (N-methyl/N-ethyl adjacent to an activating group) is 2. The van der Waals surface area contributed by atoms with Gasteiger partial charge in [-0.2, -0.15) is 0 Å². The molecule has 1 aromatic carbocycles. The van der Waals surface area contributed by atoms with Gasteiger partial charge in [0.05, 0.1) is 0 Å². The summed E-state index contributed by atoms with van der Waals surface area (Å²) in [4.78, 5) is 4.37. The summed E-state index contributed by atoms with van der Waals surface area (Å²) in [5.74, 6) is -0.217. The smallest absolute Gasteiger partial charge is 0.129 e. The Kier molecular flexibility index (Phi) is 5.56. The van der Waals surface area contributed by atoms with Crippen LogP contribution in [0.3, 0.4) is 0 Å². The van der Waals surface area contributed by atoms with Crippen LogP contribution in [0.15, 0.2) is 18.2 Å². The molecule has 1 atom stereocenters. The Morgan fingerprint density at radius 2 is 2.00 bits per heavy atom. The van der Waals surface area contributed by atoms with E-state index in [4.69, 9.17) is 5.73 Å². The lowest BCUT2D eigenvalue weighted by atomic mass is 10.1. The van der Waals surface area contributed by atoms with Gasteiger partial charge >= 0.3 is 0 Å². The van der Waals surface area contributed by atoms with E-state index in [0.717, 1.165) is 13.1 Å². The molecule has 4 heteroatoms. The third-order valence-corrected chi connectivity index (χ3v) is 3.18. The van der Waals surface area contributed by atoms with Gasteiger partial charge in [0.25, 0.3) is 0 Å². The molecule has 0 aliphatic heterocycles. The normalized spacial score (nSPS) is 13.3. The maximum absolute atomic E-state index is 13.8. The van der Waals surface area contributed by atoms with E-state index in [1.54, 1.807) is 12.1 Å². The molecule has 1 rings (SSSR count). The number of benzene rings is 1. The van der Waals surface area contributed by atoms with Crippen LogP contribution >= 0.6 is 0 Å². The molecular weight excluding hydrogens is 229 g/mol. The molecule has 0 fully saturated rings. The second-order valence-corrected chi connectivity index (χ2v) is 4.98. The molecule has 3 nitrogen and oxygen atoms in total. The largest absolute Gasteiger partial charge is 0.398 e. The van der Waals surface area contributed by atoms with E-state index in [0.29, 0.717) is 23.8 Å². The molecule has 0 bridgehead atoms. The lowest BCUT2D eigenvalue weighted by Crippen LogP contribution is -2.39. The van der Waals surface area contributed by atoms with Crippen molar-refractivity contribution in [1.29, 1.82) is 0 Å². The summed E-state index contributed by atoms with van der Waals surface area (Å²) in [6.07, 6.45) is 0. The lowest BCUT2D eigenvalue weighted by Gasteiger charge is -2.30. The van der Waals surface area contributed by atoms with Gasteiger partial charge in [-0.05, 0) is 39.7 Å². The summed E-state index contributed by atoms with van der Waals surface area (Å²) in [5.41, 5.74) is 6.98. The van der Waals surface area contributed by atoms with Crippen molar-refractivity contribution >= 4 is 5.69 Å². The van der Waals surface area contributed by atoms with Crippen molar-refractivity contribution in [1.82, 2.24) is 9.80 Å². The average molecular weight is 253 g/mol. The SMILES string of the molecule is CCN(Cc1c(N)cccc1F)C(C)CN(C)C. The summed E-state index contributed by atoms with van der Waals surface area (Å²) in [6.45, 7) is 6.62. The third kappa shape index (κ3) is 3.96. The number of hydrogen-bond acceptors (Lipinski definition) is 3. The summed E-state index contributed by atoms with van der Waals surface area (Å²) in [6, 6.07) is 5.23. The third-order valence-electron chi connectivity index (χ3n) is 3.18. The second-order valence-electron chi connectivity index (χ2n) is 4.98. The first-order valence-corrected chi connectivity index (χ1v) is 6.37. The summed E-state index contributed by atoms with van der Waals surface area (Å²) in [5, 5.41) is 0. The fourth-order valence-electron chi connectivity index (χ4n) is 2.17. The predicted molar refractivity (Wildman–Crippen MR) is 74.9 cm³/mol. The molecule has 0 heterocycles. The number of nitrogens with two attached hydrogens (primary N) is 1. The summed E-state index contributed by atoms with van der Waals surface area (Å²) < 4.78 is 13.8. The van der Waals surface area contributed by atoms with Gasteiger partial charge in [-0.3, -0.25) is 4.90 Å². The van der Waals surface area contributed by atoms with Crippen molar-refractivity contribution in [3.8, 4) is 0 Å². The highest BCUT2D eigenvalue weighted by molar-refractivity contribution is 5.47. The number of nitrogens with zero attached hydrogens (tertiary/aromatic N) is 2. The molecule has 0 aliphatic carbocycles. The number of halogens is 1. The van der Waals surface area contributed by atoms with Gasteiger partial charge in [-0.15, -0.1) is 0 Å². The van der Waals surface area contributed by atoms with Crippen LogP contribution in [-0.4, -0.2) is 43.0 Å². The molecule has 0 amide bonds. The van der Waals surface area contributed by atoms with Gasteiger partial charge in [-0.25, -0.2) is 4.39 Å². The summed E-state index contributed by atoms with van der Waals surface area (Å²) >= 11 is 0. The first kappa shape index (κ1) is 14.9. The molecule has 0 spiro atoms. The molecule has 0 aromatic heterocycles. The molecule has 0 saturated carbocycles. The van der Waals surface area contributed by atoms with Crippen LogP contribution < -0.4 is 5.73 Å². The Balaban J connectivity index is 2.79. The Labute approximate surface area is 109 Å². The molecular formula is C14H24FN3. The lowest BCUT2D eigenvalue weighted by molar-refractivity contribution is 0.173. The van der Waals surface area contributed by atoms with E-state index in [1.807, 2.05) is 14.1 Å². The average Bonchev–Trinajstić information content (AvgIpc) is 2.27. The van der Waals surface area contributed by atoms with Crippen molar-refractivity contribution in [3.05, 3.63) is 29.6 Å². The van der Waals surface area contributed by atoms with Gasteiger partial charge in [0, 0.05) is 30.4 Å². The second kappa shape index (κ2) is 6.71. The van der Waals surface area contributed by atoms with Crippen LogP contribution in [0.5, 0.6) is 0 Å². The number of hydrogen-bond donors (Lipinski definition) is 1. The van der Waals surface area contributed by atoms with E-state index >= 15 is 0 Å². The van der Waals surface area contributed by atoms with Crippen molar-refractivity contribution in [2.75, 3.05) is 32.9 Å². The Bertz CT molecular complexity index is 359. The molecule has 102 valence electrons. The maximum Gasteiger partial charge on any atom is 0.129 e. The molecule has 1 unspecified atom stereocenters. The predicted octanol–water partition coefficient (Wildman–Crippen LogP) is 2.18. The Morgan fingerprint density at radius 3 is 2.50 bits per heavy atom. The van der Waals surface area contributed by atoms with Crippen LogP contribution in [-0.2, 0) is 6.54 Å². The maximum atomic E-state index is 13.8. The van der Waals surface area contributed by atoms with Gasteiger partial charge in [0.1, 0.15) is 5.82 Å². The van der Waals surface area contributed by atoms with E-state index in [-0.39, 0.29) is 5.82 Å². The van der Waals surface area contributed by atoms with Crippen LogP contribution in [0, 0.1) is 5.82 Å².